The molecule has 0 spiro atoms. The van der Waals surface area contributed by atoms with Crippen molar-refractivity contribution in [2.45, 2.75) is 195 Å². The number of carbonyl (C=O) groups excluding carboxylic acids is 18. The highest BCUT2D eigenvalue weighted by molar-refractivity contribution is 8.77. The molecule has 0 saturated carbocycles. The molecule has 18 N–H and O–H groups in total. The van der Waals surface area contributed by atoms with Crippen LogP contribution in [0.15, 0.2) is 0 Å². The van der Waals surface area contributed by atoms with Gasteiger partial charge in [0.15, 0.2) is 0 Å². The normalized spacial score (nSPS) is 23.5. The van der Waals surface area contributed by atoms with Gasteiger partial charge in [0.05, 0.1) is 116 Å². The Kier molecular flexibility index (Phi) is 58.1. The third-order valence-corrected chi connectivity index (χ3v) is 24.0. The Balaban J connectivity index is 1.57. The smallest absolute Gasteiger partial charge is 0.243 e. The molecule has 47 heteroatoms. The van der Waals surface area contributed by atoms with Crippen molar-refractivity contribution >= 4 is 151 Å². The lowest BCUT2D eigenvalue weighted by atomic mass is 10.1. The van der Waals surface area contributed by atoms with Crippen molar-refractivity contribution in [2.75, 3.05) is 182 Å². The molecule has 8 atom stereocenters. The van der Waals surface area contributed by atoms with E-state index in [1.54, 1.807) is 0 Å². The van der Waals surface area contributed by atoms with Gasteiger partial charge in [-0.15, -0.1) is 23.5 Å². The molecule has 3 saturated heterocycles. The van der Waals surface area contributed by atoms with E-state index in [-0.39, 0.29) is 263 Å². The summed E-state index contributed by atoms with van der Waals surface area (Å²) in [5.41, 5.74) is 16.9. The molecule has 43 nitrogen and oxygen atoms in total. The van der Waals surface area contributed by atoms with E-state index in [4.69, 9.17) is 55.1 Å². The van der Waals surface area contributed by atoms with Crippen molar-refractivity contribution in [1.29, 1.82) is 0 Å². The SMILES string of the molecule is CC(=O)NC1CSC2CC(=O)N(CCC(=O)NCCOCCOCCC(=O)NC(C(=O)NC(CCCCN)C(N)=O)CCCCNC(=O)CCOCCOCCNC(=O)CCN3C(=O)CC(SCC(NC(C)=O)C(=O)NCCOCCOCCC(=O)NC(C(=O)NC(CSSC(C)(C)C)C(N)=O)CCCCNC(=O)CCOCCOCCNC1=O)C3=O)C2=O. The second kappa shape index (κ2) is 65.5. The first kappa shape index (κ1) is 110. The second-order valence-corrected chi connectivity index (χ2v) is 35.3. The summed E-state index contributed by atoms with van der Waals surface area (Å²) in [6.07, 6.45) is 2.18. The number of primary amides is 2. The Hall–Kier alpha value is -8.10. The Bertz CT molecular complexity index is 3390. The van der Waals surface area contributed by atoms with E-state index in [1.165, 1.54) is 35.4 Å². The lowest BCUT2D eigenvalue weighted by Crippen LogP contribution is -2.53. The molecule has 0 aromatic heterocycles. The number of carbonyl (C=O) groups is 18. The number of ether oxygens (including phenoxy) is 8. The molecule has 3 rings (SSSR count). The Morgan fingerprint density at radius 2 is 0.782 bits per heavy atom. The minimum atomic E-state index is -1.09. The van der Waals surface area contributed by atoms with Crippen LogP contribution in [-0.4, -0.2) is 349 Å². The molecule has 0 aliphatic carbocycles. The Morgan fingerprint density at radius 3 is 1.14 bits per heavy atom. The van der Waals surface area contributed by atoms with Crippen LogP contribution in [0.2, 0.25) is 0 Å². The summed E-state index contributed by atoms with van der Waals surface area (Å²) in [5.74, 6) is -9.58. The summed E-state index contributed by atoms with van der Waals surface area (Å²) in [6, 6.07) is -6.37. The first-order valence-corrected chi connectivity index (χ1v) is 46.2. The first-order chi connectivity index (χ1) is 59.3. The number of imide groups is 2. The summed E-state index contributed by atoms with van der Waals surface area (Å²) in [6.45, 7) is 10.1. The molecule has 704 valence electrons. The number of amides is 18. The molecule has 3 aliphatic heterocycles. The number of unbranched alkanes of at least 4 members (excludes halogenated alkanes) is 1. The number of hydrogen-bond donors (Lipinski definition) is 15. The molecule has 0 aromatic carbocycles. The van der Waals surface area contributed by atoms with Gasteiger partial charge in [0.1, 0.15) is 36.3 Å². The van der Waals surface area contributed by atoms with E-state index in [9.17, 15) is 86.3 Å². The van der Waals surface area contributed by atoms with E-state index in [1.807, 2.05) is 20.8 Å². The van der Waals surface area contributed by atoms with E-state index in [0.717, 1.165) is 33.3 Å². The van der Waals surface area contributed by atoms with Gasteiger partial charge in [-0.1, -0.05) is 42.4 Å². The highest BCUT2D eigenvalue weighted by Crippen LogP contribution is 2.35. The zero-order chi connectivity index (χ0) is 91.5. The summed E-state index contributed by atoms with van der Waals surface area (Å²) in [7, 11) is 2.86. The van der Waals surface area contributed by atoms with Crippen LogP contribution in [-0.2, 0) is 124 Å². The number of nitrogens with one attached hydrogen (secondary N) is 12. The van der Waals surface area contributed by atoms with Crippen molar-refractivity contribution in [3.05, 3.63) is 0 Å². The number of rotatable bonds is 15. The van der Waals surface area contributed by atoms with Crippen LogP contribution in [0.4, 0.5) is 0 Å². The molecule has 4 bridgehead atoms. The van der Waals surface area contributed by atoms with Gasteiger partial charge in [0, 0.05) is 140 Å². The van der Waals surface area contributed by atoms with Gasteiger partial charge in [0.25, 0.3) is 0 Å². The number of thioether (sulfide) groups is 2. The van der Waals surface area contributed by atoms with Gasteiger partial charge in [-0.3, -0.25) is 96.1 Å². The molecule has 124 heavy (non-hydrogen) atoms. The molecular weight excluding hydrogens is 1710 g/mol. The van der Waals surface area contributed by atoms with Crippen molar-refractivity contribution in [3.63, 3.8) is 0 Å². The van der Waals surface area contributed by atoms with Crippen LogP contribution in [0, 0.1) is 0 Å². The predicted octanol–water partition coefficient (Wildman–Crippen LogP) is -4.54. The zero-order valence-electron chi connectivity index (χ0n) is 71.8. The van der Waals surface area contributed by atoms with Crippen molar-refractivity contribution in [2.24, 2.45) is 17.2 Å². The van der Waals surface area contributed by atoms with Crippen LogP contribution in [0.3, 0.4) is 0 Å². The summed E-state index contributed by atoms with van der Waals surface area (Å²) in [5, 5.41) is 30.3. The largest absolute Gasteiger partial charge is 0.379 e. The highest BCUT2D eigenvalue weighted by Gasteiger charge is 2.42. The monoisotopic (exact) mass is 1840 g/mol. The second-order valence-electron chi connectivity index (χ2n) is 29.6. The van der Waals surface area contributed by atoms with Crippen LogP contribution in [0.5, 0.6) is 0 Å². The van der Waals surface area contributed by atoms with Crippen LogP contribution < -0.4 is 81.0 Å². The van der Waals surface area contributed by atoms with E-state index < -0.39 is 141 Å². The molecule has 3 aliphatic rings. The van der Waals surface area contributed by atoms with Gasteiger partial charge in [-0.05, 0) is 64.3 Å². The van der Waals surface area contributed by atoms with Crippen LogP contribution >= 0.6 is 45.1 Å². The molecule has 18 amide bonds. The minimum absolute atomic E-state index is 0.0121. The standard InChI is InChI=1S/C77H131N17O26S4/c1-51(95)87-57-48-121-59-46-68(104)94(76(59)112)29-16-62(98)84-25-35-118-43-40-115-32-19-65(101)89-54(73(109)91-53(69(79)105)12-6-9-21-78)13-7-10-22-81-63(99)17-30-113-38-42-117-34-24-83-61(97)15-28-93-67(103)47-60(75(93)111)122-49-58(88-52(2)96)72(108)86-27-37-120-45-41-116-33-20-66(102)90-55(74(110)92-56(70(80)106)50-123-124-77(3,4)5)14-8-11-23-82-64(100)18-31-114-39-44-119-36-26-85-71(57)107/h53-60H,6-50,78H2,1-5H3,(H2,79,105)(H2,80,106)(H,81,99)(H,82,100)(H,83,97)(H,84,98)(H,85,107)(H,86,108)(H,87,95)(H,88,96)(H,89,101)(H,90,102)(H,91,109)(H,92,110). The van der Waals surface area contributed by atoms with Gasteiger partial charge in [0.2, 0.25) is 106 Å². The third kappa shape index (κ3) is 51.5. The zero-order valence-corrected chi connectivity index (χ0v) is 75.1. The highest BCUT2D eigenvalue weighted by atomic mass is 33.1. The van der Waals surface area contributed by atoms with E-state index >= 15 is 0 Å². The van der Waals surface area contributed by atoms with Gasteiger partial charge in [-0.2, -0.15) is 0 Å². The average molecular weight is 1840 g/mol. The molecule has 3 fully saturated rings. The average Bonchev–Trinajstić information content (AvgIpc) is 1.69. The van der Waals surface area contributed by atoms with Crippen LogP contribution in [0.25, 0.3) is 0 Å². The molecule has 0 radical (unpaired) electrons. The Labute approximate surface area is 739 Å². The fraction of sp³-hybridized carbons (Fsp3) is 0.766. The maximum absolute atomic E-state index is 13.7. The molecule has 3 heterocycles. The van der Waals surface area contributed by atoms with E-state index in [2.05, 4.69) is 63.8 Å². The topological polar surface area (TPSA) is 610 Å². The van der Waals surface area contributed by atoms with E-state index in [0.29, 0.717) is 45.1 Å². The van der Waals surface area contributed by atoms with Crippen molar-refractivity contribution in [1.82, 2.24) is 73.6 Å². The maximum Gasteiger partial charge on any atom is 0.243 e. The molecule has 0 aromatic rings. The summed E-state index contributed by atoms with van der Waals surface area (Å²) in [4.78, 5) is 234. The number of fused-ring (bicyclic) bond motifs is 4. The first-order valence-electron chi connectivity index (χ1n) is 41.8. The summed E-state index contributed by atoms with van der Waals surface area (Å²) < 4.78 is 44.3. The van der Waals surface area contributed by atoms with Crippen molar-refractivity contribution in [3.8, 4) is 0 Å². The maximum atomic E-state index is 13.7. The summed E-state index contributed by atoms with van der Waals surface area (Å²) >= 11 is 2.02. The number of nitrogens with zero attached hydrogens (tertiary/aromatic N) is 2. The van der Waals surface area contributed by atoms with Crippen molar-refractivity contribution < 1.29 is 124 Å². The van der Waals surface area contributed by atoms with Gasteiger partial charge >= 0.3 is 0 Å². The lowest BCUT2D eigenvalue weighted by molar-refractivity contribution is -0.140. The fourth-order valence-electron chi connectivity index (χ4n) is 11.6. The molecule has 8 unspecified atom stereocenters. The lowest BCUT2D eigenvalue weighted by Gasteiger charge is -2.23. The fourth-order valence-corrected chi connectivity index (χ4v) is 16.4. The number of hydrogen-bond acceptors (Lipinski definition) is 31. The van der Waals surface area contributed by atoms with Crippen LogP contribution in [0.1, 0.15) is 144 Å². The Morgan fingerprint density at radius 1 is 0.444 bits per heavy atom. The molecular formula is C77H131N17O26S4. The minimum Gasteiger partial charge on any atom is -0.379 e. The number of nitrogens with two attached hydrogens (primary N) is 3. The van der Waals surface area contributed by atoms with Gasteiger partial charge < -0.3 is 119 Å². The quantitative estimate of drug-likeness (QED) is 0.0417. The predicted molar refractivity (Wildman–Crippen MR) is 459 cm³/mol. The third-order valence-electron chi connectivity index (χ3n) is 18.1. The van der Waals surface area contributed by atoms with Gasteiger partial charge in [-0.25, -0.2) is 0 Å².